The summed E-state index contributed by atoms with van der Waals surface area (Å²) in [5.41, 5.74) is 0.656. The number of halogens is 1. The first-order valence-electron chi connectivity index (χ1n) is 8.40. The highest BCUT2D eigenvalue weighted by atomic mass is 35.5. The van der Waals surface area contributed by atoms with Crippen LogP contribution in [0.25, 0.3) is 0 Å². The average Bonchev–Trinajstić information content (AvgIpc) is 3.51. The number of thioether (sulfide) groups is 1. The van der Waals surface area contributed by atoms with Gasteiger partial charge in [0.15, 0.2) is 5.17 Å². The van der Waals surface area contributed by atoms with Crippen LogP contribution in [0.2, 0.25) is 0 Å². The first-order valence-corrected chi connectivity index (χ1v) is 9.21. The molecule has 6 nitrogen and oxygen atoms in total. The molecular weight excluding hydrogens is 374 g/mol. The van der Waals surface area contributed by atoms with Crippen LogP contribution in [0, 0.1) is 0 Å². The quantitative estimate of drug-likeness (QED) is 0.780. The number of amides is 2. The van der Waals surface area contributed by atoms with Crippen molar-refractivity contribution in [3.05, 3.63) is 35.2 Å². The zero-order valence-corrected chi connectivity index (χ0v) is 15.9. The Kier molecular flexibility index (Phi) is 5.58. The minimum atomic E-state index is -0.315. The Morgan fingerprint density at radius 2 is 1.96 bits per heavy atom. The summed E-state index contributed by atoms with van der Waals surface area (Å²) in [5, 5.41) is 3.54. The summed E-state index contributed by atoms with van der Waals surface area (Å²) in [5.74, 6) is 0.306. The van der Waals surface area contributed by atoms with E-state index in [1.807, 2.05) is 0 Å². The lowest BCUT2D eigenvalue weighted by Crippen LogP contribution is -2.31. The normalized spacial score (nSPS) is 22.5. The third-order valence-electron chi connectivity index (χ3n) is 4.21. The van der Waals surface area contributed by atoms with Crippen LogP contribution in [-0.4, -0.2) is 41.1 Å². The van der Waals surface area contributed by atoms with Gasteiger partial charge in [-0.1, -0.05) is 0 Å². The van der Waals surface area contributed by atoms with Crippen molar-refractivity contribution >= 4 is 46.8 Å². The Hall–Kier alpha value is -1.99. The number of carbonyl (C=O) groups is 2. The molecule has 138 valence electrons. The van der Waals surface area contributed by atoms with Gasteiger partial charge in [-0.15, -0.1) is 12.4 Å². The van der Waals surface area contributed by atoms with Crippen molar-refractivity contribution in [1.82, 2.24) is 4.90 Å². The second-order valence-corrected chi connectivity index (χ2v) is 7.39. The monoisotopic (exact) mass is 393 g/mol. The van der Waals surface area contributed by atoms with Gasteiger partial charge in [0.2, 0.25) is 5.91 Å². The fraction of sp³-hybridized carbons (Fsp3) is 0.389. The molecular formula is C18H20ClN3O3S. The van der Waals surface area contributed by atoms with Crippen molar-refractivity contribution in [2.75, 3.05) is 12.4 Å². The molecule has 2 amide bonds. The lowest BCUT2D eigenvalue weighted by atomic mass is 10.3. The van der Waals surface area contributed by atoms with E-state index in [9.17, 15) is 9.59 Å². The van der Waals surface area contributed by atoms with Crippen LogP contribution in [0.4, 0.5) is 5.69 Å². The average molecular weight is 394 g/mol. The van der Waals surface area contributed by atoms with Gasteiger partial charge in [0.05, 0.1) is 18.1 Å². The number of carbonyl (C=O) groups excluding carboxylic acids is 2. The molecule has 1 aliphatic heterocycles. The molecule has 0 unspecified atom stereocenters. The maximum atomic E-state index is 12.6. The number of hydrogen-bond donors (Lipinski definition) is 1. The van der Waals surface area contributed by atoms with Crippen LogP contribution < -0.4 is 10.1 Å². The molecule has 3 aliphatic rings. The van der Waals surface area contributed by atoms with Crippen LogP contribution in [0.5, 0.6) is 5.75 Å². The minimum absolute atomic E-state index is 0. The molecule has 3 fully saturated rings. The number of nitrogens with one attached hydrogen (secondary N) is 1. The van der Waals surface area contributed by atoms with Gasteiger partial charge >= 0.3 is 0 Å². The molecule has 1 aromatic rings. The van der Waals surface area contributed by atoms with Crippen molar-refractivity contribution < 1.29 is 14.3 Å². The number of aliphatic imine (C=N–C) groups is 1. The van der Waals surface area contributed by atoms with Gasteiger partial charge in [0.1, 0.15) is 5.75 Å². The second kappa shape index (κ2) is 7.72. The maximum Gasteiger partial charge on any atom is 0.267 e. The Balaban J connectivity index is 0.00000196. The van der Waals surface area contributed by atoms with Crippen LogP contribution in [0.15, 0.2) is 40.2 Å². The lowest BCUT2D eigenvalue weighted by Gasteiger charge is -2.13. The van der Waals surface area contributed by atoms with Gasteiger partial charge in [-0.3, -0.25) is 19.5 Å². The van der Waals surface area contributed by atoms with E-state index in [2.05, 4.69) is 10.3 Å². The number of methoxy groups -OCH3 is 1. The Morgan fingerprint density at radius 3 is 2.54 bits per heavy atom. The number of hydrogen-bond acceptors (Lipinski definition) is 5. The number of nitrogens with zero attached hydrogens (tertiary/aromatic N) is 2. The van der Waals surface area contributed by atoms with E-state index in [1.54, 1.807) is 36.3 Å². The molecule has 1 aromatic carbocycles. The molecule has 0 bridgehead atoms. The van der Waals surface area contributed by atoms with Crippen LogP contribution in [0.3, 0.4) is 0 Å². The summed E-state index contributed by atoms with van der Waals surface area (Å²) in [6, 6.07) is 7.67. The van der Waals surface area contributed by atoms with E-state index >= 15 is 0 Å². The predicted molar refractivity (Wildman–Crippen MR) is 105 cm³/mol. The van der Waals surface area contributed by atoms with Gasteiger partial charge in [0, 0.05) is 17.8 Å². The molecule has 2 saturated carbocycles. The van der Waals surface area contributed by atoms with Crippen molar-refractivity contribution in [1.29, 1.82) is 0 Å². The van der Waals surface area contributed by atoms with Gasteiger partial charge in [-0.05, 0) is 61.7 Å². The molecule has 4 rings (SSSR count). The zero-order chi connectivity index (χ0) is 17.4. The molecule has 8 heteroatoms. The topological polar surface area (TPSA) is 71.0 Å². The number of amidine groups is 1. The Bertz CT molecular complexity index is 770. The van der Waals surface area contributed by atoms with Crippen LogP contribution in [0.1, 0.15) is 25.7 Å². The van der Waals surface area contributed by atoms with Gasteiger partial charge in [-0.2, -0.15) is 0 Å². The number of rotatable bonds is 5. The largest absolute Gasteiger partial charge is 0.497 e. The van der Waals surface area contributed by atoms with Crippen molar-refractivity contribution in [2.24, 2.45) is 4.99 Å². The number of ether oxygens (including phenoxy) is 1. The predicted octanol–water partition coefficient (Wildman–Crippen LogP) is 3.20. The van der Waals surface area contributed by atoms with E-state index < -0.39 is 0 Å². The third-order valence-corrected chi connectivity index (χ3v) is 5.21. The summed E-state index contributed by atoms with van der Waals surface area (Å²) >= 11 is 1.32. The molecule has 0 atom stereocenters. The van der Waals surface area contributed by atoms with E-state index in [-0.39, 0.29) is 30.3 Å². The lowest BCUT2D eigenvalue weighted by molar-refractivity contribution is -0.123. The first kappa shape index (κ1) is 18.8. The SMILES string of the molecule is COc1ccc(NC(=O)C=C2SC(=NC3CC3)N(C3CC3)C2=O)cc1.Cl. The highest BCUT2D eigenvalue weighted by molar-refractivity contribution is 8.18. The highest BCUT2D eigenvalue weighted by Gasteiger charge is 2.43. The first-order chi connectivity index (χ1) is 12.1. The Labute approximate surface area is 162 Å². The van der Waals surface area contributed by atoms with E-state index in [1.165, 1.54) is 17.8 Å². The summed E-state index contributed by atoms with van der Waals surface area (Å²) in [4.78, 5) is 31.7. The summed E-state index contributed by atoms with van der Waals surface area (Å²) in [7, 11) is 1.59. The van der Waals surface area contributed by atoms with E-state index in [0.29, 0.717) is 16.6 Å². The van der Waals surface area contributed by atoms with Gasteiger partial charge < -0.3 is 10.1 Å². The molecule has 0 spiro atoms. The molecule has 0 aromatic heterocycles. The molecule has 1 saturated heterocycles. The Morgan fingerprint density at radius 1 is 1.27 bits per heavy atom. The number of benzene rings is 1. The standard InChI is InChI=1S/C18H19N3O3S.ClH/c1-24-14-8-4-11(5-9-14)19-16(22)10-15-17(23)21(13-6-7-13)18(25-15)20-12-2-3-12;/h4-5,8-10,12-13H,2-3,6-7H2,1H3,(H,19,22);1H. The minimum Gasteiger partial charge on any atom is -0.497 e. The van der Waals surface area contributed by atoms with E-state index in [0.717, 1.165) is 36.6 Å². The van der Waals surface area contributed by atoms with Crippen molar-refractivity contribution in [3.63, 3.8) is 0 Å². The highest BCUT2D eigenvalue weighted by Crippen LogP contribution is 2.40. The molecule has 2 aliphatic carbocycles. The van der Waals surface area contributed by atoms with Gasteiger partial charge in [0.25, 0.3) is 5.91 Å². The molecule has 0 radical (unpaired) electrons. The molecule has 1 heterocycles. The fourth-order valence-corrected chi connectivity index (χ4v) is 3.64. The third kappa shape index (κ3) is 4.22. The smallest absolute Gasteiger partial charge is 0.267 e. The van der Waals surface area contributed by atoms with E-state index in [4.69, 9.17) is 4.74 Å². The van der Waals surface area contributed by atoms with Crippen molar-refractivity contribution in [3.8, 4) is 5.75 Å². The summed E-state index contributed by atoms with van der Waals surface area (Å²) in [6.45, 7) is 0. The summed E-state index contributed by atoms with van der Waals surface area (Å²) < 4.78 is 5.09. The fourth-order valence-electron chi connectivity index (χ4n) is 2.56. The number of anilines is 1. The van der Waals surface area contributed by atoms with Gasteiger partial charge in [-0.25, -0.2) is 0 Å². The molecule has 26 heavy (non-hydrogen) atoms. The van der Waals surface area contributed by atoms with Crippen LogP contribution >= 0.6 is 24.2 Å². The maximum absolute atomic E-state index is 12.6. The zero-order valence-electron chi connectivity index (χ0n) is 14.3. The summed E-state index contributed by atoms with van der Waals surface area (Å²) in [6.07, 6.45) is 5.59. The second-order valence-electron chi connectivity index (χ2n) is 6.38. The van der Waals surface area contributed by atoms with Crippen molar-refractivity contribution in [2.45, 2.75) is 37.8 Å². The molecule has 1 N–H and O–H groups in total. The van der Waals surface area contributed by atoms with Crippen LogP contribution in [-0.2, 0) is 9.59 Å².